The van der Waals surface area contributed by atoms with Crippen LogP contribution in [0.1, 0.15) is 13.0 Å². The molecule has 3 rings (SSSR count). The van der Waals surface area contributed by atoms with Gasteiger partial charge in [-0.05, 0) is 19.1 Å². The van der Waals surface area contributed by atoms with Gasteiger partial charge in [0, 0.05) is 24.9 Å². The van der Waals surface area contributed by atoms with Crippen molar-refractivity contribution in [2.24, 2.45) is 7.05 Å². The molecule has 1 atom stereocenters. The van der Waals surface area contributed by atoms with Crippen molar-refractivity contribution in [3.8, 4) is 11.3 Å². The van der Waals surface area contributed by atoms with E-state index < -0.39 is 6.04 Å². The summed E-state index contributed by atoms with van der Waals surface area (Å²) in [7, 11) is 1.63. The molecule has 0 saturated heterocycles. The molecule has 3 aromatic heterocycles. The zero-order valence-corrected chi connectivity index (χ0v) is 13.9. The fourth-order valence-corrected chi connectivity index (χ4v) is 2.64. The molecule has 8 heteroatoms. The van der Waals surface area contributed by atoms with E-state index in [0.29, 0.717) is 22.2 Å². The largest absolute Gasteiger partial charge is 0.394 e. The summed E-state index contributed by atoms with van der Waals surface area (Å²) in [6.07, 6.45) is 3.00. The maximum absolute atomic E-state index is 12.7. The number of halogens is 1. The van der Waals surface area contributed by atoms with Crippen LogP contribution in [0.15, 0.2) is 40.3 Å². The van der Waals surface area contributed by atoms with Gasteiger partial charge >= 0.3 is 0 Å². The molecule has 0 aliphatic rings. The molecule has 0 saturated carbocycles. The minimum Gasteiger partial charge on any atom is -0.394 e. The lowest BCUT2D eigenvalue weighted by Gasteiger charge is -2.13. The number of aryl methyl sites for hydroxylation is 1. The molecule has 3 heterocycles. The SMILES string of the molecule is C[C@@H](CO)n1cnc2c(-c3ccc(=O)n(C)c3)nc(Cl)cc2c1=O. The Hall–Kier alpha value is -2.51. The number of pyridine rings is 2. The van der Waals surface area contributed by atoms with Crippen molar-refractivity contribution in [1.82, 2.24) is 19.1 Å². The molecule has 0 bridgehead atoms. The first kappa shape index (κ1) is 16.4. The smallest absolute Gasteiger partial charge is 0.261 e. The van der Waals surface area contributed by atoms with E-state index >= 15 is 0 Å². The van der Waals surface area contributed by atoms with Gasteiger partial charge in [-0.25, -0.2) is 9.97 Å². The number of hydrogen-bond donors (Lipinski definition) is 1. The van der Waals surface area contributed by atoms with Gasteiger partial charge in [-0.1, -0.05) is 11.6 Å². The summed E-state index contributed by atoms with van der Waals surface area (Å²) in [6, 6.07) is 4.09. The average Bonchev–Trinajstić information content (AvgIpc) is 2.57. The zero-order valence-electron chi connectivity index (χ0n) is 13.1. The Bertz CT molecular complexity index is 1040. The highest BCUT2D eigenvalue weighted by molar-refractivity contribution is 6.30. The Morgan fingerprint density at radius 2 is 2.08 bits per heavy atom. The third-order valence-electron chi connectivity index (χ3n) is 3.84. The van der Waals surface area contributed by atoms with E-state index in [-0.39, 0.29) is 22.9 Å². The van der Waals surface area contributed by atoms with Crippen LogP contribution >= 0.6 is 11.6 Å². The number of rotatable bonds is 3. The molecule has 0 fully saturated rings. The van der Waals surface area contributed by atoms with E-state index in [1.54, 1.807) is 26.2 Å². The maximum Gasteiger partial charge on any atom is 0.261 e. The van der Waals surface area contributed by atoms with Crippen LogP contribution in [0, 0.1) is 0 Å². The van der Waals surface area contributed by atoms with E-state index in [1.165, 1.54) is 27.6 Å². The van der Waals surface area contributed by atoms with Crippen molar-refractivity contribution in [2.75, 3.05) is 6.61 Å². The van der Waals surface area contributed by atoms with E-state index in [9.17, 15) is 14.7 Å². The van der Waals surface area contributed by atoms with Gasteiger partial charge in [0.1, 0.15) is 10.7 Å². The predicted octanol–water partition coefficient (Wildman–Crippen LogP) is 1.36. The van der Waals surface area contributed by atoms with Gasteiger partial charge in [0.2, 0.25) is 5.56 Å². The number of hydrogen-bond acceptors (Lipinski definition) is 5. The van der Waals surface area contributed by atoms with Gasteiger partial charge in [0.25, 0.3) is 5.56 Å². The van der Waals surface area contributed by atoms with E-state index in [0.717, 1.165) is 0 Å². The molecule has 1 N–H and O–H groups in total. The minimum absolute atomic E-state index is 0.152. The fraction of sp³-hybridized carbons (Fsp3) is 0.250. The molecule has 0 amide bonds. The molecule has 0 aliphatic heterocycles. The van der Waals surface area contributed by atoms with Crippen LogP contribution in [0.25, 0.3) is 22.2 Å². The lowest BCUT2D eigenvalue weighted by molar-refractivity contribution is 0.236. The monoisotopic (exact) mass is 346 g/mol. The van der Waals surface area contributed by atoms with Crippen LogP contribution in [0.4, 0.5) is 0 Å². The highest BCUT2D eigenvalue weighted by Gasteiger charge is 2.15. The molecule has 0 spiro atoms. The lowest BCUT2D eigenvalue weighted by Crippen LogP contribution is -2.25. The number of aliphatic hydroxyl groups is 1. The highest BCUT2D eigenvalue weighted by Crippen LogP contribution is 2.25. The molecule has 124 valence electrons. The summed E-state index contributed by atoms with van der Waals surface area (Å²) in [5.74, 6) is 0. The highest BCUT2D eigenvalue weighted by atomic mass is 35.5. The summed E-state index contributed by atoms with van der Waals surface area (Å²) in [4.78, 5) is 32.8. The Kier molecular flexibility index (Phi) is 4.21. The van der Waals surface area contributed by atoms with E-state index in [4.69, 9.17) is 11.6 Å². The standard InChI is InChI=1S/C16H15ClN4O3/c1-9(7-22)21-8-18-15-11(16(21)24)5-12(17)19-14(15)10-3-4-13(23)20(2)6-10/h3-6,8-9,22H,7H2,1-2H3/t9-/m0/s1. The summed E-state index contributed by atoms with van der Waals surface area (Å²) >= 11 is 6.08. The van der Waals surface area contributed by atoms with Crippen LogP contribution in [-0.4, -0.2) is 30.8 Å². The van der Waals surface area contributed by atoms with E-state index in [1.807, 2.05) is 0 Å². The Balaban J connectivity index is 2.34. The molecule has 3 aromatic rings. The summed E-state index contributed by atoms with van der Waals surface area (Å²) < 4.78 is 2.77. The Labute approximate surface area is 141 Å². The quantitative estimate of drug-likeness (QED) is 0.723. The van der Waals surface area contributed by atoms with Crippen LogP contribution in [-0.2, 0) is 7.05 Å². The molecule has 24 heavy (non-hydrogen) atoms. The van der Waals surface area contributed by atoms with Crippen LogP contribution < -0.4 is 11.1 Å². The molecule has 0 unspecified atom stereocenters. The summed E-state index contributed by atoms with van der Waals surface area (Å²) in [5, 5.41) is 9.73. The first-order chi connectivity index (χ1) is 11.4. The summed E-state index contributed by atoms with van der Waals surface area (Å²) in [6.45, 7) is 1.53. The average molecular weight is 347 g/mol. The molecular formula is C16H15ClN4O3. The van der Waals surface area contributed by atoms with Crippen molar-refractivity contribution in [2.45, 2.75) is 13.0 Å². The van der Waals surface area contributed by atoms with Crippen molar-refractivity contribution in [3.63, 3.8) is 0 Å². The van der Waals surface area contributed by atoms with Crippen molar-refractivity contribution in [1.29, 1.82) is 0 Å². The molecule has 0 radical (unpaired) electrons. The topological polar surface area (TPSA) is 90.0 Å². The molecule has 0 aliphatic carbocycles. The van der Waals surface area contributed by atoms with Gasteiger partial charge in [0.15, 0.2) is 0 Å². The van der Waals surface area contributed by atoms with Crippen LogP contribution in [0.3, 0.4) is 0 Å². The Morgan fingerprint density at radius 1 is 1.33 bits per heavy atom. The number of aliphatic hydroxyl groups excluding tert-OH is 1. The van der Waals surface area contributed by atoms with Crippen LogP contribution in [0.5, 0.6) is 0 Å². The number of nitrogens with zero attached hydrogens (tertiary/aromatic N) is 4. The molecule has 0 aromatic carbocycles. The van der Waals surface area contributed by atoms with Gasteiger partial charge in [-0.3, -0.25) is 14.2 Å². The minimum atomic E-state index is -0.401. The normalized spacial score (nSPS) is 12.5. The fourth-order valence-electron chi connectivity index (χ4n) is 2.45. The zero-order chi connectivity index (χ0) is 17.4. The third kappa shape index (κ3) is 2.72. The van der Waals surface area contributed by atoms with Gasteiger partial charge in [-0.2, -0.15) is 0 Å². The number of aromatic nitrogens is 4. The molecular weight excluding hydrogens is 332 g/mol. The van der Waals surface area contributed by atoms with Crippen LogP contribution in [0.2, 0.25) is 5.15 Å². The second-order valence-corrected chi connectivity index (χ2v) is 5.93. The second-order valence-electron chi connectivity index (χ2n) is 5.55. The molecule has 7 nitrogen and oxygen atoms in total. The van der Waals surface area contributed by atoms with Crippen molar-refractivity contribution in [3.05, 3.63) is 56.6 Å². The maximum atomic E-state index is 12.7. The van der Waals surface area contributed by atoms with E-state index in [2.05, 4.69) is 9.97 Å². The summed E-state index contributed by atoms with van der Waals surface area (Å²) in [5.41, 5.74) is 0.983. The Morgan fingerprint density at radius 3 is 2.75 bits per heavy atom. The van der Waals surface area contributed by atoms with Gasteiger partial charge in [-0.15, -0.1) is 0 Å². The lowest BCUT2D eigenvalue weighted by atomic mass is 10.1. The predicted molar refractivity (Wildman–Crippen MR) is 91.3 cm³/mol. The third-order valence-corrected chi connectivity index (χ3v) is 4.03. The van der Waals surface area contributed by atoms with Gasteiger partial charge < -0.3 is 9.67 Å². The van der Waals surface area contributed by atoms with Crippen molar-refractivity contribution >= 4 is 22.5 Å². The van der Waals surface area contributed by atoms with Gasteiger partial charge in [0.05, 0.1) is 30.1 Å². The van der Waals surface area contributed by atoms with Crippen molar-refractivity contribution < 1.29 is 5.11 Å². The number of fused-ring (bicyclic) bond motifs is 1. The second kappa shape index (κ2) is 6.18. The first-order valence-electron chi connectivity index (χ1n) is 7.27. The first-order valence-corrected chi connectivity index (χ1v) is 7.65.